The zero-order valence-electron chi connectivity index (χ0n) is 11.8. The molecule has 0 radical (unpaired) electrons. The minimum absolute atomic E-state index is 0.0135. The molecule has 5 nitrogen and oxygen atoms in total. The van der Waals surface area contributed by atoms with Crippen LogP contribution in [-0.4, -0.2) is 18.4 Å². The molecule has 23 heavy (non-hydrogen) atoms. The molecule has 116 valence electrons. The smallest absolute Gasteiger partial charge is 0.247 e. The van der Waals surface area contributed by atoms with Crippen LogP contribution in [0.1, 0.15) is 0 Å². The van der Waals surface area contributed by atoms with E-state index in [1.807, 2.05) is 30.3 Å². The van der Waals surface area contributed by atoms with Gasteiger partial charge in [0.1, 0.15) is 0 Å². The van der Waals surface area contributed by atoms with Crippen molar-refractivity contribution >= 4 is 27.6 Å². The maximum atomic E-state index is 12.2. The average Bonchev–Trinajstić information content (AvgIpc) is 2.56. The van der Waals surface area contributed by atoms with E-state index in [1.165, 1.54) is 24.3 Å². The third-order valence-electron chi connectivity index (χ3n) is 3.11. The lowest BCUT2D eigenvalue weighted by atomic mass is 10.1. The summed E-state index contributed by atoms with van der Waals surface area (Å²) in [6.45, 7) is 0. The van der Waals surface area contributed by atoms with Gasteiger partial charge in [-0.05, 0) is 29.8 Å². The van der Waals surface area contributed by atoms with E-state index in [2.05, 4.69) is 14.7 Å². The molecule has 0 spiro atoms. The van der Waals surface area contributed by atoms with Crippen molar-refractivity contribution in [3.8, 4) is 11.1 Å². The van der Waals surface area contributed by atoms with Gasteiger partial charge in [0, 0.05) is 23.0 Å². The Bertz CT molecular complexity index is 896. The number of rotatable bonds is 4. The van der Waals surface area contributed by atoms with E-state index in [0.29, 0.717) is 5.02 Å². The second-order valence-corrected chi connectivity index (χ2v) is 6.84. The largest absolute Gasteiger partial charge is 0.264 e. The molecule has 0 bridgehead atoms. The van der Waals surface area contributed by atoms with Crippen LogP contribution in [0.25, 0.3) is 11.1 Å². The van der Waals surface area contributed by atoms with Gasteiger partial charge in [0.15, 0.2) is 0 Å². The van der Waals surface area contributed by atoms with Crippen molar-refractivity contribution in [2.24, 2.45) is 0 Å². The Labute approximate surface area is 139 Å². The summed E-state index contributed by atoms with van der Waals surface area (Å²) in [5.41, 5.74) is 1.76. The predicted octanol–water partition coefficient (Wildman–Crippen LogP) is 3.60. The number of sulfonamides is 1. The number of anilines is 1. The molecule has 3 rings (SSSR count). The Morgan fingerprint density at radius 1 is 0.826 bits per heavy atom. The maximum Gasteiger partial charge on any atom is 0.264 e. The highest BCUT2D eigenvalue weighted by atomic mass is 35.5. The molecule has 0 atom stereocenters. The number of hydrogen-bond acceptors (Lipinski definition) is 4. The van der Waals surface area contributed by atoms with E-state index >= 15 is 0 Å². The molecule has 1 N–H and O–H groups in total. The molecule has 1 aromatic heterocycles. The molecule has 1 heterocycles. The SMILES string of the molecule is O=S(=O)(Nc1ncc(-c2ccccc2)cn1)c1ccc(Cl)cc1. The highest BCUT2D eigenvalue weighted by Gasteiger charge is 2.15. The van der Waals surface area contributed by atoms with E-state index in [4.69, 9.17) is 11.6 Å². The summed E-state index contributed by atoms with van der Waals surface area (Å²) in [6, 6.07) is 15.4. The normalized spacial score (nSPS) is 11.2. The van der Waals surface area contributed by atoms with Gasteiger partial charge in [0.25, 0.3) is 10.0 Å². The molecule has 0 amide bonds. The van der Waals surface area contributed by atoms with Crippen LogP contribution in [0, 0.1) is 0 Å². The molecule has 0 aliphatic rings. The Kier molecular flexibility index (Phi) is 4.27. The third kappa shape index (κ3) is 3.67. The minimum atomic E-state index is -3.74. The van der Waals surface area contributed by atoms with Crippen molar-refractivity contribution in [2.75, 3.05) is 4.72 Å². The lowest BCUT2D eigenvalue weighted by Crippen LogP contribution is -2.14. The van der Waals surface area contributed by atoms with Crippen molar-refractivity contribution in [3.63, 3.8) is 0 Å². The summed E-state index contributed by atoms with van der Waals surface area (Å²) < 4.78 is 26.8. The Hall–Kier alpha value is -2.44. The molecule has 0 unspecified atom stereocenters. The zero-order chi connectivity index (χ0) is 16.3. The van der Waals surface area contributed by atoms with E-state index in [-0.39, 0.29) is 10.8 Å². The number of nitrogens with one attached hydrogen (secondary N) is 1. The summed E-state index contributed by atoms with van der Waals surface area (Å²) >= 11 is 5.76. The molecule has 0 saturated heterocycles. The van der Waals surface area contributed by atoms with Crippen molar-refractivity contribution < 1.29 is 8.42 Å². The molecule has 0 aliphatic heterocycles. The fourth-order valence-corrected chi connectivity index (χ4v) is 3.04. The lowest BCUT2D eigenvalue weighted by Gasteiger charge is -2.07. The van der Waals surface area contributed by atoms with Crippen LogP contribution in [0.5, 0.6) is 0 Å². The summed E-state index contributed by atoms with van der Waals surface area (Å²) in [5, 5.41) is 0.465. The topological polar surface area (TPSA) is 72.0 Å². The monoisotopic (exact) mass is 345 g/mol. The first kappa shape index (κ1) is 15.5. The molecular formula is C16H12ClN3O2S. The summed E-state index contributed by atoms with van der Waals surface area (Å²) in [7, 11) is -3.74. The molecular weight excluding hydrogens is 334 g/mol. The highest BCUT2D eigenvalue weighted by Crippen LogP contribution is 2.19. The van der Waals surface area contributed by atoms with Gasteiger partial charge in [0.05, 0.1) is 4.90 Å². The third-order valence-corrected chi connectivity index (χ3v) is 4.70. The minimum Gasteiger partial charge on any atom is -0.247 e. The summed E-state index contributed by atoms with van der Waals surface area (Å²) in [6.07, 6.45) is 3.14. The van der Waals surface area contributed by atoms with Gasteiger partial charge >= 0.3 is 0 Å². The van der Waals surface area contributed by atoms with Crippen molar-refractivity contribution in [2.45, 2.75) is 4.90 Å². The molecule has 0 aliphatic carbocycles. The number of benzene rings is 2. The second kappa shape index (κ2) is 6.36. The standard InChI is InChI=1S/C16H12ClN3O2S/c17-14-6-8-15(9-7-14)23(21,22)20-16-18-10-13(11-19-16)12-4-2-1-3-5-12/h1-11H,(H,18,19,20). The van der Waals surface area contributed by atoms with Crippen LogP contribution >= 0.6 is 11.6 Å². The molecule has 7 heteroatoms. The summed E-state index contributed by atoms with van der Waals surface area (Å²) in [5.74, 6) is 0.0135. The van der Waals surface area contributed by atoms with Crippen molar-refractivity contribution in [1.82, 2.24) is 9.97 Å². The van der Waals surface area contributed by atoms with Crippen molar-refractivity contribution in [3.05, 3.63) is 72.0 Å². The Balaban J connectivity index is 1.82. The van der Waals surface area contributed by atoms with Crippen LogP contribution in [0.2, 0.25) is 5.02 Å². The fourth-order valence-electron chi connectivity index (χ4n) is 1.95. The predicted molar refractivity (Wildman–Crippen MR) is 89.7 cm³/mol. The lowest BCUT2D eigenvalue weighted by molar-refractivity contribution is 0.601. The first-order chi connectivity index (χ1) is 11.0. The van der Waals surface area contributed by atoms with Gasteiger partial charge in [-0.15, -0.1) is 0 Å². The van der Waals surface area contributed by atoms with Gasteiger partial charge < -0.3 is 0 Å². The molecule has 0 saturated carbocycles. The Morgan fingerprint density at radius 2 is 1.43 bits per heavy atom. The quantitative estimate of drug-likeness (QED) is 0.784. The number of hydrogen-bond donors (Lipinski definition) is 1. The van der Waals surface area contributed by atoms with Gasteiger partial charge in [-0.3, -0.25) is 0 Å². The van der Waals surface area contributed by atoms with Gasteiger partial charge in [-0.1, -0.05) is 41.9 Å². The van der Waals surface area contributed by atoms with E-state index in [0.717, 1.165) is 11.1 Å². The number of halogens is 1. The van der Waals surface area contributed by atoms with Gasteiger partial charge in [-0.25, -0.2) is 23.1 Å². The molecule has 0 fully saturated rings. The number of nitrogens with zero attached hydrogens (tertiary/aromatic N) is 2. The van der Waals surface area contributed by atoms with Crippen molar-refractivity contribution in [1.29, 1.82) is 0 Å². The van der Waals surface area contributed by atoms with E-state index < -0.39 is 10.0 Å². The first-order valence-corrected chi connectivity index (χ1v) is 8.56. The van der Waals surface area contributed by atoms with Gasteiger partial charge in [-0.2, -0.15) is 0 Å². The fraction of sp³-hybridized carbons (Fsp3) is 0. The molecule has 2 aromatic carbocycles. The molecule has 3 aromatic rings. The van der Waals surface area contributed by atoms with Crippen LogP contribution in [0.15, 0.2) is 71.9 Å². The van der Waals surface area contributed by atoms with Crippen LogP contribution in [0.4, 0.5) is 5.95 Å². The second-order valence-electron chi connectivity index (χ2n) is 4.72. The van der Waals surface area contributed by atoms with E-state index in [1.54, 1.807) is 12.4 Å². The Morgan fingerprint density at radius 3 is 2.04 bits per heavy atom. The van der Waals surface area contributed by atoms with Crippen LogP contribution < -0.4 is 4.72 Å². The van der Waals surface area contributed by atoms with E-state index in [9.17, 15) is 8.42 Å². The van der Waals surface area contributed by atoms with Gasteiger partial charge in [0.2, 0.25) is 5.95 Å². The summed E-state index contributed by atoms with van der Waals surface area (Å²) in [4.78, 5) is 8.21. The highest BCUT2D eigenvalue weighted by molar-refractivity contribution is 7.92. The van der Waals surface area contributed by atoms with Crippen LogP contribution in [0.3, 0.4) is 0 Å². The maximum absolute atomic E-state index is 12.2. The average molecular weight is 346 g/mol. The van der Waals surface area contributed by atoms with Crippen LogP contribution in [-0.2, 0) is 10.0 Å². The zero-order valence-corrected chi connectivity index (χ0v) is 13.4. The first-order valence-electron chi connectivity index (χ1n) is 6.70. The number of aromatic nitrogens is 2.